The van der Waals surface area contributed by atoms with Crippen LogP contribution in [-0.2, 0) is 26.8 Å². The van der Waals surface area contributed by atoms with E-state index < -0.39 is 21.4 Å². The van der Waals surface area contributed by atoms with E-state index in [1.165, 1.54) is 30.6 Å². The van der Waals surface area contributed by atoms with E-state index in [0.717, 1.165) is 10.9 Å². The van der Waals surface area contributed by atoms with Crippen LogP contribution in [0.2, 0.25) is 0 Å². The van der Waals surface area contributed by atoms with Crippen LogP contribution in [0.25, 0.3) is 21.2 Å². The Hall–Kier alpha value is -4.08. The van der Waals surface area contributed by atoms with Crippen LogP contribution >= 0.6 is 11.3 Å². The molecule has 0 aliphatic carbocycles. The summed E-state index contributed by atoms with van der Waals surface area (Å²) in [4.78, 5) is 17.8. The molecule has 5 rings (SSSR count). The van der Waals surface area contributed by atoms with Crippen molar-refractivity contribution in [3.05, 3.63) is 82.5 Å². The molecule has 0 saturated carbocycles. The van der Waals surface area contributed by atoms with Gasteiger partial charge < -0.3 is 9.64 Å². The molecule has 1 aliphatic rings. The van der Waals surface area contributed by atoms with E-state index in [1.807, 2.05) is 17.5 Å². The molecular weight excluding hydrogens is 529 g/mol. The molecular formula is C26H22FN5O4S2. The smallest absolute Gasteiger partial charge is 0.228 e. The van der Waals surface area contributed by atoms with Crippen molar-refractivity contribution in [3.8, 4) is 22.1 Å². The Kier molecular flexibility index (Phi) is 6.96. The predicted octanol–water partition coefficient (Wildman–Crippen LogP) is 4.59. The molecule has 0 N–H and O–H groups in total. The van der Waals surface area contributed by atoms with Crippen LogP contribution in [0.4, 0.5) is 15.8 Å². The highest BCUT2D eigenvalue weighted by molar-refractivity contribution is 7.90. The summed E-state index contributed by atoms with van der Waals surface area (Å²) >= 11 is 1.43. The van der Waals surface area contributed by atoms with Gasteiger partial charge in [-0.3, -0.25) is 9.36 Å². The van der Waals surface area contributed by atoms with Gasteiger partial charge in [0, 0.05) is 18.7 Å². The molecule has 0 unspecified atom stereocenters. The van der Waals surface area contributed by atoms with Crippen LogP contribution in [0.15, 0.2) is 53.9 Å². The number of halogens is 1. The van der Waals surface area contributed by atoms with Gasteiger partial charge in [-0.1, -0.05) is 12.1 Å². The van der Waals surface area contributed by atoms with Gasteiger partial charge in [-0.25, -0.2) is 17.7 Å². The molecule has 0 radical (unpaired) electrons. The highest BCUT2D eigenvalue weighted by atomic mass is 32.2. The molecule has 2 aromatic heterocycles. The average molecular weight is 552 g/mol. The Morgan fingerprint density at radius 1 is 1.18 bits per heavy atom. The summed E-state index contributed by atoms with van der Waals surface area (Å²) in [5.74, 6) is -0.130. The molecule has 12 heteroatoms. The highest BCUT2D eigenvalue weighted by Gasteiger charge is 2.28. The molecule has 1 aliphatic heterocycles. The van der Waals surface area contributed by atoms with Crippen molar-refractivity contribution >= 4 is 38.5 Å². The molecule has 0 atom stereocenters. The van der Waals surface area contributed by atoms with E-state index >= 15 is 0 Å². The molecule has 4 aromatic rings. The second-order valence-electron chi connectivity index (χ2n) is 8.63. The van der Waals surface area contributed by atoms with E-state index in [0.29, 0.717) is 41.5 Å². The lowest BCUT2D eigenvalue weighted by Crippen LogP contribution is -2.43. The zero-order valence-electron chi connectivity index (χ0n) is 20.3. The first-order chi connectivity index (χ1) is 18.3. The molecule has 1 fully saturated rings. The maximum Gasteiger partial charge on any atom is 0.228 e. The molecule has 1 saturated heterocycles. The molecule has 2 aromatic carbocycles. The quantitative estimate of drug-likeness (QED) is 0.223. The van der Waals surface area contributed by atoms with E-state index in [9.17, 15) is 17.6 Å². The molecule has 3 heterocycles. The number of hydrogen-bond acceptors (Lipinski definition) is 7. The number of benzene rings is 2. The second kappa shape index (κ2) is 10.4. The Morgan fingerprint density at radius 3 is 2.68 bits per heavy atom. The van der Waals surface area contributed by atoms with Gasteiger partial charge in [-0.05, 0) is 53.8 Å². The Bertz CT molecular complexity index is 1660. The number of aryl methyl sites for hydroxylation is 1. The molecule has 194 valence electrons. The first-order valence-corrected chi connectivity index (χ1v) is 14.3. The van der Waals surface area contributed by atoms with Crippen molar-refractivity contribution < 1.29 is 22.3 Å². The van der Waals surface area contributed by atoms with E-state index in [1.54, 1.807) is 27.7 Å². The first kappa shape index (κ1) is 25.6. The lowest BCUT2D eigenvalue weighted by Gasteiger charge is -2.31. The van der Waals surface area contributed by atoms with Gasteiger partial charge in [0.15, 0.2) is 27.2 Å². The van der Waals surface area contributed by atoms with Crippen LogP contribution in [0.3, 0.4) is 0 Å². The third-order valence-electron chi connectivity index (χ3n) is 6.24. The van der Waals surface area contributed by atoms with Crippen molar-refractivity contribution in [1.82, 2.24) is 14.8 Å². The fourth-order valence-electron chi connectivity index (χ4n) is 4.22. The van der Waals surface area contributed by atoms with Crippen molar-refractivity contribution in [2.24, 2.45) is 0 Å². The highest BCUT2D eigenvalue weighted by Crippen LogP contribution is 2.35. The predicted molar refractivity (Wildman–Crippen MR) is 142 cm³/mol. The fourth-order valence-corrected chi connectivity index (χ4v) is 6.18. The Balaban J connectivity index is 1.52. The number of rotatable bonds is 9. The number of aromatic nitrogens is 3. The van der Waals surface area contributed by atoms with Gasteiger partial charge in [0.2, 0.25) is 5.91 Å². The van der Waals surface area contributed by atoms with Crippen LogP contribution in [0.5, 0.6) is 5.75 Å². The van der Waals surface area contributed by atoms with Crippen LogP contribution in [0, 0.1) is 12.4 Å². The van der Waals surface area contributed by atoms with Crippen LogP contribution < -0.4 is 9.64 Å². The minimum Gasteiger partial charge on any atom is -0.495 e. The third-order valence-corrected chi connectivity index (χ3v) is 8.63. The minimum atomic E-state index is -3.72. The SMILES string of the molecule is [C-]#[N+]c1cc(F)ccc1CCS(=O)(=O)Cc1nnc(-c2cccs2)n1-c1cc(N2CCC2=O)ccc1OC. The summed E-state index contributed by atoms with van der Waals surface area (Å²) in [6, 6.07) is 12.7. The molecule has 38 heavy (non-hydrogen) atoms. The number of sulfone groups is 1. The lowest BCUT2D eigenvalue weighted by molar-refractivity contribution is -0.122. The standard InChI is InChI=1S/C26H22FN5O4S2/c1-28-20-14-18(27)6-5-17(20)10-13-38(34,35)16-24-29-30-26(23-4-3-12-37-23)32(24)21-15-19(7-8-22(21)36-2)31-11-9-25(31)33/h3-8,12,14-15H,9-11,13,16H2,2H3. The number of amides is 1. The number of carbonyl (C=O) groups excluding carboxylic acids is 1. The van der Waals surface area contributed by atoms with Gasteiger partial charge in [-0.15, -0.1) is 21.5 Å². The lowest BCUT2D eigenvalue weighted by atomic mass is 10.1. The summed E-state index contributed by atoms with van der Waals surface area (Å²) in [5, 5.41) is 10.4. The monoisotopic (exact) mass is 551 g/mol. The normalized spacial score (nSPS) is 13.3. The summed E-state index contributed by atoms with van der Waals surface area (Å²) in [6.07, 6.45) is 0.531. The van der Waals surface area contributed by atoms with E-state index in [2.05, 4.69) is 15.0 Å². The molecule has 0 spiro atoms. The average Bonchev–Trinajstić information content (AvgIpc) is 3.57. The number of methoxy groups -OCH3 is 1. The van der Waals surface area contributed by atoms with Crippen molar-refractivity contribution in [3.63, 3.8) is 0 Å². The first-order valence-electron chi connectivity index (χ1n) is 11.6. The summed E-state index contributed by atoms with van der Waals surface area (Å²) in [7, 11) is -2.21. The van der Waals surface area contributed by atoms with Crippen LogP contribution in [-0.4, -0.2) is 48.5 Å². The second-order valence-corrected chi connectivity index (χ2v) is 11.8. The summed E-state index contributed by atoms with van der Waals surface area (Å²) < 4.78 is 47.2. The maximum atomic E-state index is 13.5. The van der Waals surface area contributed by atoms with Crippen molar-refractivity contribution in [1.29, 1.82) is 0 Å². The number of β-lactam (4-membered cyclic amide) rings is 1. The summed E-state index contributed by atoms with van der Waals surface area (Å²) in [6.45, 7) is 7.86. The van der Waals surface area contributed by atoms with E-state index in [-0.39, 0.29) is 29.6 Å². The van der Waals surface area contributed by atoms with Crippen molar-refractivity contribution in [2.75, 3.05) is 24.3 Å². The fraction of sp³-hybridized carbons (Fsp3) is 0.231. The van der Waals surface area contributed by atoms with Gasteiger partial charge in [-0.2, -0.15) is 0 Å². The zero-order chi connectivity index (χ0) is 26.9. The number of anilines is 1. The maximum absolute atomic E-state index is 13.5. The van der Waals surface area contributed by atoms with Crippen molar-refractivity contribution in [2.45, 2.75) is 18.6 Å². The Labute approximate surface area is 222 Å². The van der Waals surface area contributed by atoms with Gasteiger partial charge in [0.05, 0.1) is 30.0 Å². The van der Waals surface area contributed by atoms with Gasteiger partial charge in [0.25, 0.3) is 0 Å². The van der Waals surface area contributed by atoms with Crippen LogP contribution in [0.1, 0.15) is 17.8 Å². The third kappa shape index (κ3) is 5.03. The summed E-state index contributed by atoms with van der Waals surface area (Å²) in [5.41, 5.74) is 1.72. The largest absolute Gasteiger partial charge is 0.495 e. The van der Waals surface area contributed by atoms with Gasteiger partial charge >= 0.3 is 0 Å². The number of nitrogens with zero attached hydrogens (tertiary/aromatic N) is 5. The molecule has 1 amide bonds. The number of carbonyl (C=O) groups is 1. The van der Waals surface area contributed by atoms with Gasteiger partial charge in [0.1, 0.15) is 17.3 Å². The Morgan fingerprint density at radius 2 is 2.03 bits per heavy atom. The van der Waals surface area contributed by atoms with E-state index in [4.69, 9.17) is 11.3 Å². The molecule has 9 nitrogen and oxygen atoms in total. The number of ether oxygens (including phenoxy) is 1. The topological polar surface area (TPSA) is 98.8 Å². The number of thiophene rings is 1. The zero-order valence-corrected chi connectivity index (χ0v) is 21.9. The minimum absolute atomic E-state index is 0.00531. The number of hydrogen-bond donors (Lipinski definition) is 0. The molecule has 0 bridgehead atoms.